The van der Waals surface area contributed by atoms with Gasteiger partial charge in [-0.3, -0.25) is 14.5 Å². The van der Waals surface area contributed by atoms with Gasteiger partial charge >= 0.3 is 5.97 Å². The molecule has 4 aliphatic carbocycles. The number of carboxylic acid groups (broad SMARTS) is 1. The summed E-state index contributed by atoms with van der Waals surface area (Å²) in [5.74, 6) is 0.577. The smallest absolute Gasteiger partial charge is 0.309 e. The summed E-state index contributed by atoms with van der Waals surface area (Å²) in [4.78, 5) is 35.0. The number of aliphatic carboxylic acids is 1. The van der Waals surface area contributed by atoms with E-state index in [0.717, 1.165) is 63.7 Å². The molecule has 3 heterocycles. The van der Waals surface area contributed by atoms with E-state index in [1.54, 1.807) is 0 Å². The Morgan fingerprint density at radius 2 is 1.83 bits per heavy atom. The monoisotopic (exact) mass is 500 g/mol. The van der Waals surface area contributed by atoms with E-state index in [0.29, 0.717) is 35.0 Å². The molecular weight excluding hydrogens is 464 g/mol. The van der Waals surface area contributed by atoms with Crippen LogP contribution in [-0.2, 0) is 9.59 Å². The third kappa shape index (κ3) is 3.85. The number of nitrogens with zero attached hydrogens (tertiary/aromatic N) is 3. The molecule has 6 aliphatic rings. The third-order valence-electron chi connectivity index (χ3n) is 10.2. The van der Waals surface area contributed by atoms with Crippen molar-refractivity contribution in [1.29, 1.82) is 0 Å². The lowest BCUT2D eigenvalue weighted by Gasteiger charge is -2.58. The van der Waals surface area contributed by atoms with Crippen LogP contribution in [-0.4, -0.2) is 63.6 Å². The zero-order valence-electron chi connectivity index (χ0n) is 20.8. The van der Waals surface area contributed by atoms with Crippen molar-refractivity contribution in [2.45, 2.75) is 88.9 Å². The summed E-state index contributed by atoms with van der Waals surface area (Å²) in [5.41, 5.74) is -0.0444. The summed E-state index contributed by atoms with van der Waals surface area (Å²) in [6.07, 6.45) is 9.58. The van der Waals surface area contributed by atoms with E-state index in [1.807, 2.05) is 12.3 Å². The van der Waals surface area contributed by atoms with Gasteiger partial charge in [0.1, 0.15) is 5.15 Å². The topological polar surface area (TPSA) is 85.8 Å². The van der Waals surface area contributed by atoms with Crippen LogP contribution in [0.1, 0.15) is 65.2 Å². The lowest BCUT2D eigenvalue weighted by atomic mass is 9.48. The van der Waals surface area contributed by atoms with Crippen LogP contribution < -0.4 is 10.2 Å². The number of nitrogens with one attached hydrogen (secondary N) is 1. The second-order valence-corrected chi connectivity index (χ2v) is 12.9. The molecule has 4 saturated carbocycles. The molecule has 1 aromatic rings. The molecule has 2 saturated heterocycles. The molecule has 0 radical (unpaired) electrons. The number of carboxylic acids is 1. The number of aromatic nitrogens is 1. The largest absolute Gasteiger partial charge is 0.481 e. The predicted molar refractivity (Wildman–Crippen MR) is 134 cm³/mol. The maximum atomic E-state index is 13.8. The Morgan fingerprint density at radius 1 is 1.11 bits per heavy atom. The molecule has 0 aromatic carbocycles. The predicted octanol–water partition coefficient (Wildman–Crippen LogP) is 3.95. The molecule has 1 amide bonds. The van der Waals surface area contributed by atoms with Crippen molar-refractivity contribution in [1.82, 2.24) is 15.2 Å². The molecule has 1 aromatic heterocycles. The summed E-state index contributed by atoms with van der Waals surface area (Å²) >= 11 is 6.03. The summed E-state index contributed by atoms with van der Waals surface area (Å²) in [5, 5.41) is 13.9. The summed E-state index contributed by atoms with van der Waals surface area (Å²) < 4.78 is 0. The molecule has 2 N–H and O–H groups in total. The third-order valence-corrected chi connectivity index (χ3v) is 10.4. The Bertz CT molecular complexity index is 998. The van der Waals surface area contributed by atoms with Gasteiger partial charge in [0.2, 0.25) is 5.91 Å². The standard InChI is InChI=1S/C27H37ClN4O3/c1-26(2,24(33)30-23-17-9-16-10-18(23)13-27(11-16,12-17)25(34)35)31-8-7-19-3-4-21(15-31)32(19)20-5-6-22(28)29-14-20/h5-6,14,16-19,21,23H,3-4,7-13,15H2,1-2H3,(H,30,33)(H,34,35). The van der Waals surface area contributed by atoms with E-state index in [4.69, 9.17) is 11.6 Å². The highest BCUT2D eigenvalue weighted by Crippen LogP contribution is 2.60. The Hall–Kier alpha value is -1.86. The number of likely N-dealkylation sites (tertiary alicyclic amines) is 1. The van der Waals surface area contributed by atoms with E-state index in [1.165, 1.54) is 6.42 Å². The fourth-order valence-corrected chi connectivity index (χ4v) is 8.63. The van der Waals surface area contributed by atoms with Gasteiger partial charge < -0.3 is 15.3 Å². The highest BCUT2D eigenvalue weighted by Gasteiger charge is 2.59. The van der Waals surface area contributed by atoms with Crippen LogP contribution >= 0.6 is 11.6 Å². The number of anilines is 1. The van der Waals surface area contributed by atoms with E-state index in [2.05, 4.69) is 40.0 Å². The molecule has 7 rings (SSSR count). The molecule has 8 heteroatoms. The average Bonchev–Trinajstić information content (AvgIpc) is 3.09. The number of hydrogen-bond acceptors (Lipinski definition) is 5. The number of carbonyl (C=O) groups excluding carboxylic acids is 1. The number of amides is 1. The van der Waals surface area contributed by atoms with Crippen LogP contribution in [0, 0.1) is 23.2 Å². The van der Waals surface area contributed by atoms with Crippen molar-refractivity contribution >= 4 is 29.2 Å². The maximum Gasteiger partial charge on any atom is 0.309 e. The van der Waals surface area contributed by atoms with Crippen molar-refractivity contribution in [2.75, 3.05) is 18.0 Å². The quantitative estimate of drug-likeness (QED) is 0.595. The molecule has 6 fully saturated rings. The van der Waals surface area contributed by atoms with Crippen LogP contribution in [0.2, 0.25) is 5.15 Å². The second kappa shape index (κ2) is 8.34. The summed E-state index contributed by atoms with van der Waals surface area (Å²) in [7, 11) is 0. The Balaban J connectivity index is 1.16. The van der Waals surface area contributed by atoms with Gasteiger partial charge in [-0.25, -0.2) is 4.98 Å². The molecule has 190 valence electrons. The first-order valence-corrected chi connectivity index (χ1v) is 13.7. The number of pyridine rings is 1. The minimum atomic E-state index is -0.623. The van der Waals surface area contributed by atoms with Gasteiger partial charge in [0.25, 0.3) is 0 Å². The molecule has 7 nitrogen and oxygen atoms in total. The number of fused-ring (bicyclic) bond motifs is 2. The minimum Gasteiger partial charge on any atom is -0.481 e. The minimum absolute atomic E-state index is 0.0943. The Morgan fingerprint density at radius 3 is 2.49 bits per heavy atom. The van der Waals surface area contributed by atoms with E-state index in [-0.39, 0.29) is 11.9 Å². The molecule has 4 atom stereocenters. The molecule has 4 unspecified atom stereocenters. The van der Waals surface area contributed by atoms with Gasteiger partial charge in [0.15, 0.2) is 0 Å². The van der Waals surface area contributed by atoms with E-state index in [9.17, 15) is 14.7 Å². The number of rotatable bonds is 5. The van der Waals surface area contributed by atoms with Crippen molar-refractivity contribution in [3.63, 3.8) is 0 Å². The molecule has 6 bridgehead atoms. The summed E-state index contributed by atoms with van der Waals surface area (Å²) in [6.45, 7) is 5.86. The molecule has 0 spiro atoms. The van der Waals surface area contributed by atoms with Crippen LogP contribution in [0.5, 0.6) is 0 Å². The van der Waals surface area contributed by atoms with Gasteiger partial charge in [-0.05, 0) is 95.1 Å². The molecule has 35 heavy (non-hydrogen) atoms. The number of hydrogen-bond donors (Lipinski definition) is 2. The molecule has 2 aliphatic heterocycles. The van der Waals surface area contributed by atoms with Crippen molar-refractivity contribution < 1.29 is 14.7 Å². The van der Waals surface area contributed by atoms with Crippen molar-refractivity contribution in [2.24, 2.45) is 23.2 Å². The zero-order valence-corrected chi connectivity index (χ0v) is 21.5. The Kier molecular flexibility index (Phi) is 5.61. The SMILES string of the molecule is CC(C)(C(=O)NC1C2CC3CC1CC(C(=O)O)(C3)C2)N1CCC2CCC(C1)N2c1ccc(Cl)nc1. The van der Waals surface area contributed by atoms with E-state index >= 15 is 0 Å². The number of carbonyl (C=O) groups is 2. The summed E-state index contributed by atoms with van der Waals surface area (Å²) in [6, 6.07) is 4.85. The van der Waals surface area contributed by atoms with Crippen molar-refractivity contribution in [3.8, 4) is 0 Å². The van der Waals surface area contributed by atoms with Crippen LogP contribution in [0.3, 0.4) is 0 Å². The zero-order chi connectivity index (χ0) is 24.5. The van der Waals surface area contributed by atoms with Gasteiger partial charge in [-0.15, -0.1) is 0 Å². The van der Waals surface area contributed by atoms with Crippen LogP contribution in [0.4, 0.5) is 5.69 Å². The van der Waals surface area contributed by atoms with Gasteiger partial charge in [0.05, 0.1) is 22.8 Å². The highest BCUT2D eigenvalue weighted by molar-refractivity contribution is 6.29. The first kappa shape index (κ1) is 23.5. The number of halogens is 1. The maximum absolute atomic E-state index is 13.8. The van der Waals surface area contributed by atoms with Crippen LogP contribution in [0.25, 0.3) is 0 Å². The van der Waals surface area contributed by atoms with Gasteiger partial charge in [0, 0.05) is 31.2 Å². The fraction of sp³-hybridized carbons (Fsp3) is 0.741. The first-order chi connectivity index (χ1) is 16.7. The van der Waals surface area contributed by atoms with E-state index < -0.39 is 16.9 Å². The lowest BCUT2D eigenvalue weighted by molar-refractivity contribution is -0.168. The molecular formula is C27H37ClN4O3. The Labute approximate surface area is 212 Å². The van der Waals surface area contributed by atoms with Gasteiger partial charge in [-0.2, -0.15) is 0 Å². The fourth-order valence-electron chi connectivity index (χ4n) is 8.52. The normalized spacial score (nSPS) is 38.4. The highest BCUT2D eigenvalue weighted by atomic mass is 35.5. The lowest BCUT2D eigenvalue weighted by Crippen LogP contribution is -2.65. The first-order valence-electron chi connectivity index (χ1n) is 13.4. The average molecular weight is 501 g/mol. The van der Waals surface area contributed by atoms with Crippen LogP contribution in [0.15, 0.2) is 18.3 Å². The van der Waals surface area contributed by atoms with Gasteiger partial charge in [-0.1, -0.05) is 11.6 Å². The van der Waals surface area contributed by atoms with Crippen molar-refractivity contribution in [3.05, 3.63) is 23.5 Å². The second-order valence-electron chi connectivity index (χ2n) is 12.5.